The molecule has 0 spiro atoms. The Kier molecular flexibility index (Phi) is 4.19. The standard InChI is InChI=1S/C13H17ClFN/c14-13-6-2-4-11(13)9-16-8-10-3-1-5-12(15)7-10/h1,3,5,7,11,13,16H,2,4,6,8-9H2. The molecule has 1 aromatic rings. The monoisotopic (exact) mass is 241 g/mol. The molecule has 1 aromatic carbocycles. The summed E-state index contributed by atoms with van der Waals surface area (Å²) in [4.78, 5) is 0. The Balaban J connectivity index is 1.75. The van der Waals surface area contributed by atoms with E-state index in [4.69, 9.17) is 11.6 Å². The lowest BCUT2D eigenvalue weighted by Crippen LogP contribution is -2.25. The van der Waals surface area contributed by atoms with E-state index in [9.17, 15) is 4.39 Å². The van der Waals surface area contributed by atoms with E-state index in [1.165, 1.54) is 18.9 Å². The molecule has 0 saturated heterocycles. The van der Waals surface area contributed by atoms with Crippen molar-refractivity contribution in [2.24, 2.45) is 5.92 Å². The number of nitrogens with one attached hydrogen (secondary N) is 1. The van der Waals surface area contributed by atoms with Crippen LogP contribution in [0.1, 0.15) is 24.8 Å². The molecule has 2 unspecified atom stereocenters. The number of hydrogen-bond acceptors (Lipinski definition) is 1. The molecule has 16 heavy (non-hydrogen) atoms. The van der Waals surface area contributed by atoms with Crippen molar-refractivity contribution in [3.63, 3.8) is 0 Å². The first-order valence-corrected chi connectivity index (χ1v) is 6.28. The van der Waals surface area contributed by atoms with Gasteiger partial charge in [0.25, 0.3) is 0 Å². The number of halogens is 2. The minimum atomic E-state index is -0.171. The maximum Gasteiger partial charge on any atom is 0.123 e. The van der Waals surface area contributed by atoms with Gasteiger partial charge in [-0.25, -0.2) is 4.39 Å². The molecule has 0 radical (unpaired) electrons. The van der Waals surface area contributed by atoms with Crippen LogP contribution in [0.3, 0.4) is 0 Å². The molecule has 1 aliphatic rings. The van der Waals surface area contributed by atoms with Crippen molar-refractivity contribution in [2.75, 3.05) is 6.54 Å². The largest absolute Gasteiger partial charge is 0.312 e. The second-order valence-electron chi connectivity index (χ2n) is 4.47. The second kappa shape index (κ2) is 5.65. The Morgan fingerprint density at radius 2 is 2.25 bits per heavy atom. The molecule has 1 saturated carbocycles. The molecular formula is C13H17ClFN. The normalized spacial score (nSPS) is 24.9. The summed E-state index contributed by atoms with van der Waals surface area (Å²) in [6, 6.07) is 6.71. The third-order valence-electron chi connectivity index (χ3n) is 3.19. The zero-order valence-corrected chi connectivity index (χ0v) is 10.0. The predicted molar refractivity (Wildman–Crippen MR) is 65.1 cm³/mol. The van der Waals surface area contributed by atoms with E-state index in [0.717, 1.165) is 25.1 Å². The highest BCUT2D eigenvalue weighted by molar-refractivity contribution is 6.20. The number of benzene rings is 1. The van der Waals surface area contributed by atoms with Crippen molar-refractivity contribution < 1.29 is 4.39 Å². The Morgan fingerprint density at radius 1 is 1.38 bits per heavy atom. The lowest BCUT2D eigenvalue weighted by Gasteiger charge is -2.14. The minimum Gasteiger partial charge on any atom is -0.312 e. The van der Waals surface area contributed by atoms with Gasteiger partial charge in [0.05, 0.1) is 0 Å². The highest BCUT2D eigenvalue weighted by Gasteiger charge is 2.24. The van der Waals surface area contributed by atoms with E-state index in [0.29, 0.717) is 11.3 Å². The van der Waals surface area contributed by atoms with Gasteiger partial charge in [0.15, 0.2) is 0 Å². The fraction of sp³-hybridized carbons (Fsp3) is 0.538. The lowest BCUT2D eigenvalue weighted by atomic mass is 10.1. The highest BCUT2D eigenvalue weighted by Crippen LogP contribution is 2.29. The van der Waals surface area contributed by atoms with E-state index in [-0.39, 0.29) is 5.82 Å². The molecule has 2 rings (SSSR count). The third-order valence-corrected chi connectivity index (χ3v) is 3.77. The van der Waals surface area contributed by atoms with Crippen molar-refractivity contribution in [1.29, 1.82) is 0 Å². The van der Waals surface area contributed by atoms with E-state index in [1.807, 2.05) is 6.07 Å². The number of rotatable bonds is 4. The number of alkyl halides is 1. The molecule has 1 fully saturated rings. The van der Waals surface area contributed by atoms with Crippen LogP contribution in [0.15, 0.2) is 24.3 Å². The molecule has 0 amide bonds. The van der Waals surface area contributed by atoms with Crippen LogP contribution in [0.2, 0.25) is 0 Å². The summed E-state index contributed by atoms with van der Waals surface area (Å²) >= 11 is 6.19. The van der Waals surface area contributed by atoms with E-state index in [2.05, 4.69) is 5.32 Å². The molecule has 88 valence electrons. The molecule has 0 aliphatic heterocycles. The van der Waals surface area contributed by atoms with Gasteiger partial charge < -0.3 is 5.32 Å². The van der Waals surface area contributed by atoms with Crippen LogP contribution in [0, 0.1) is 11.7 Å². The Bertz CT molecular complexity index is 342. The van der Waals surface area contributed by atoms with Crippen LogP contribution in [0.25, 0.3) is 0 Å². The number of hydrogen-bond donors (Lipinski definition) is 1. The zero-order chi connectivity index (χ0) is 11.4. The van der Waals surface area contributed by atoms with Gasteiger partial charge >= 0.3 is 0 Å². The van der Waals surface area contributed by atoms with E-state index < -0.39 is 0 Å². The van der Waals surface area contributed by atoms with Gasteiger partial charge in [-0.2, -0.15) is 0 Å². The summed E-state index contributed by atoms with van der Waals surface area (Å²) in [6.07, 6.45) is 3.58. The van der Waals surface area contributed by atoms with Crippen molar-refractivity contribution in [1.82, 2.24) is 5.32 Å². The van der Waals surface area contributed by atoms with Crippen molar-refractivity contribution in [2.45, 2.75) is 31.2 Å². The van der Waals surface area contributed by atoms with E-state index in [1.54, 1.807) is 12.1 Å². The van der Waals surface area contributed by atoms with Crippen LogP contribution in [-0.2, 0) is 6.54 Å². The quantitative estimate of drug-likeness (QED) is 0.798. The molecule has 1 aliphatic carbocycles. The summed E-state index contributed by atoms with van der Waals surface area (Å²) in [7, 11) is 0. The van der Waals surface area contributed by atoms with Crippen molar-refractivity contribution in [3.8, 4) is 0 Å². The average molecular weight is 242 g/mol. The zero-order valence-electron chi connectivity index (χ0n) is 9.26. The third kappa shape index (κ3) is 3.19. The first-order valence-electron chi connectivity index (χ1n) is 5.85. The van der Waals surface area contributed by atoms with Crippen molar-refractivity contribution >= 4 is 11.6 Å². The van der Waals surface area contributed by atoms with Gasteiger partial charge in [0, 0.05) is 11.9 Å². The fourth-order valence-corrected chi connectivity index (χ4v) is 2.64. The van der Waals surface area contributed by atoms with Crippen LogP contribution >= 0.6 is 11.6 Å². The van der Waals surface area contributed by atoms with Crippen molar-refractivity contribution in [3.05, 3.63) is 35.6 Å². The summed E-state index contributed by atoms with van der Waals surface area (Å²) in [6.45, 7) is 1.66. The summed E-state index contributed by atoms with van der Waals surface area (Å²) in [5, 5.41) is 3.67. The average Bonchev–Trinajstić information content (AvgIpc) is 2.65. The fourth-order valence-electron chi connectivity index (χ4n) is 2.27. The first kappa shape index (κ1) is 11.9. The van der Waals surface area contributed by atoms with Crippen LogP contribution in [-0.4, -0.2) is 11.9 Å². The molecule has 3 heteroatoms. The summed E-state index contributed by atoms with van der Waals surface area (Å²) in [5.74, 6) is 0.408. The summed E-state index contributed by atoms with van der Waals surface area (Å²) < 4.78 is 12.9. The van der Waals surface area contributed by atoms with Crippen LogP contribution in [0.4, 0.5) is 4.39 Å². The van der Waals surface area contributed by atoms with Gasteiger partial charge in [-0.15, -0.1) is 11.6 Å². The van der Waals surface area contributed by atoms with Gasteiger partial charge in [0.2, 0.25) is 0 Å². The molecular weight excluding hydrogens is 225 g/mol. The maximum atomic E-state index is 12.9. The van der Waals surface area contributed by atoms with Gasteiger partial charge in [-0.3, -0.25) is 0 Å². The SMILES string of the molecule is Fc1cccc(CNCC2CCCC2Cl)c1. The molecule has 1 nitrogen and oxygen atoms in total. The van der Waals surface area contributed by atoms with Gasteiger partial charge in [0.1, 0.15) is 5.82 Å². The topological polar surface area (TPSA) is 12.0 Å². The van der Waals surface area contributed by atoms with Crippen LogP contribution < -0.4 is 5.32 Å². The molecule has 1 N–H and O–H groups in total. The Labute approximate surface area is 101 Å². The molecule has 0 bridgehead atoms. The molecule has 2 atom stereocenters. The molecule has 0 aromatic heterocycles. The lowest BCUT2D eigenvalue weighted by molar-refractivity contribution is 0.493. The van der Waals surface area contributed by atoms with Gasteiger partial charge in [-0.05, 0) is 43.0 Å². The Hall–Kier alpha value is -0.600. The maximum absolute atomic E-state index is 12.9. The van der Waals surface area contributed by atoms with Gasteiger partial charge in [-0.1, -0.05) is 18.6 Å². The smallest absolute Gasteiger partial charge is 0.123 e. The molecule has 0 heterocycles. The first-order chi connectivity index (χ1) is 7.75. The predicted octanol–water partition coefficient (Wildman–Crippen LogP) is 3.32. The van der Waals surface area contributed by atoms with Crippen LogP contribution in [0.5, 0.6) is 0 Å². The minimum absolute atomic E-state index is 0.171. The summed E-state index contributed by atoms with van der Waals surface area (Å²) in [5.41, 5.74) is 0.990. The second-order valence-corrected chi connectivity index (χ2v) is 5.03. The van der Waals surface area contributed by atoms with E-state index >= 15 is 0 Å². The Morgan fingerprint density at radius 3 is 2.94 bits per heavy atom. The highest BCUT2D eigenvalue weighted by atomic mass is 35.5.